The highest BCUT2D eigenvalue weighted by molar-refractivity contribution is 5.00. The Hall–Kier alpha value is -0.520. The summed E-state index contributed by atoms with van der Waals surface area (Å²) in [5.41, 5.74) is 0.526. The molecule has 0 nitrogen and oxygen atoms in total. The van der Waals surface area contributed by atoms with Crippen molar-refractivity contribution in [2.45, 2.75) is 47.0 Å². The van der Waals surface area contributed by atoms with Gasteiger partial charge in [-0.05, 0) is 30.1 Å². The Morgan fingerprint density at radius 1 is 0.923 bits per heavy atom. The minimum Gasteiger partial charge on any atom is -0.103 e. The molecule has 0 aliphatic heterocycles. The fraction of sp³-hybridized carbons (Fsp3) is 0.692. The minimum atomic E-state index is 0.263. The third-order valence-electron chi connectivity index (χ3n) is 3.41. The van der Waals surface area contributed by atoms with Crippen LogP contribution in [0.15, 0.2) is 25.3 Å². The van der Waals surface area contributed by atoms with Gasteiger partial charge in [-0.15, -0.1) is 13.2 Å². The quantitative estimate of drug-likeness (QED) is 0.525. The Morgan fingerprint density at radius 3 is 1.38 bits per heavy atom. The van der Waals surface area contributed by atoms with Crippen molar-refractivity contribution in [3.63, 3.8) is 0 Å². The Bertz CT molecular complexity index is 160. The Balaban J connectivity index is 4.54. The first-order valence-corrected chi connectivity index (χ1v) is 5.22. The van der Waals surface area contributed by atoms with Crippen LogP contribution >= 0.6 is 0 Å². The highest BCUT2D eigenvalue weighted by atomic mass is 14.3. The van der Waals surface area contributed by atoms with Crippen LogP contribution < -0.4 is 0 Å². The average molecular weight is 180 g/mol. The SMILES string of the molecule is C=CC(C)(CC)CC(C)(C=C)CC. The summed E-state index contributed by atoms with van der Waals surface area (Å²) in [6.45, 7) is 16.8. The number of hydrogen-bond acceptors (Lipinski definition) is 0. The van der Waals surface area contributed by atoms with Crippen molar-refractivity contribution in [2.75, 3.05) is 0 Å². The maximum Gasteiger partial charge on any atom is -0.0144 e. The third-order valence-corrected chi connectivity index (χ3v) is 3.41. The maximum atomic E-state index is 3.92. The van der Waals surface area contributed by atoms with Gasteiger partial charge in [-0.3, -0.25) is 0 Å². The molecule has 2 atom stereocenters. The molecule has 0 bridgehead atoms. The number of allylic oxidation sites excluding steroid dienone is 2. The van der Waals surface area contributed by atoms with E-state index in [9.17, 15) is 0 Å². The molecule has 0 aromatic heterocycles. The molecule has 0 aliphatic rings. The lowest BCUT2D eigenvalue weighted by Crippen LogP contribution is -2.23. The summed E-state index contributed by atoms with van der Waals surface area (Å²) in [4.78, 5) is 0. The molecule has 76 valence electrons. The van der Waals surface area contributed by atoms with E-state index < -0.39 is 0 Å². The predicted molar refractivity (Wildman–Crippen MR) is 61.8 cm³/mol. The predicted octanol–water partition coefficient (Wildman–Crippen LogP) is 4.58. The first-order valence-electron chi connectivity index (χ1n) is 5.22. The summed E-state index contributed by atoms with van der Waals surface area (Å²) in [6, 6.07) is 0. The summed E-state index contributed by atoms with van der Waals surface area (Å²) >= 11 is 0. The van der Waals surface area contributed by atoms with Gasteiger partial charge in [-0.25, -0.2) is 0 Å². The molecule has 0 aromatic rings. The van der Waals surface area contributed by atoms with Crippen molar-refractivity contribution in [1.29, 1.82) is 0 Å². The van der Waals surface area contributed by atoms with Gasteiger partial charge >= 0.3 is 0 Å². The number of rotatable bonds is 6. The van der Waals surface area contributed by atoms with Crippen LogP contribution in [-0.4, -0.2) is 0 Å². The van der Waals surface area contributed by atoms with Crippen molar-refractivity contribution < 1.29 is 0 Å². The van der Waals surface area contributed by atoms with Crippen LogP contribution in [0.3, 0.4) is 0 Å². The summed E-state index contributed by atoms with van der Waals surface area (Å²) in [6.07, 6.45) is 7.63. The Morgan fingerprint density at radius 2 is 1.23 bits per heavy atom. The smallest absolute Gasteiger partial charge is 0.0144 e. The van der Waals surface area contributed by atoms with Gasteiger partial charge in [0.05, 0.1) is 0 Å². The fourth-order valence-corrected chi connectivity index (χ4v) is 1.61. The maximum absolute atomic E-state index is 3.92. The standard InChI is InChI=1S/C13H24/c1-7-12(5,8-2)11-13(6,9-3)10-4/h7,9H,1,3,8,10-11H2,2,4-6H3. The summed E-state index contributed by atoms with van der Waals surface area (Å²) in [7, 11) is 0. The van der Waals surface area contributed by atoms with E-state index in [1.165, 1.54) is 0 Å². The number of hydrogen-bond donors (Lipinski definition) is 0. The van der Waals surface area contributed by atoms with Gasteiger partial charge in [-0.1, -0.05) is 39.8 Å². The molecule has 0 radical (unpaired) electrons. The van der Waals surface area contributed by atoms with Gasteiger partial charge < -0.3 is 0 Å². The molecule has 13 heavy (non-hydrogen) atoms. The van der Waals surface area contributed by atoms with Crippen LogP contribution in [0.4, 0.5) is 0 Å². The van der Waals surface area contributed by atoms with Crippen molar-refractivity contribution >= 4 is 0 Å². The molecule has 0 saturated heterocycles. The van der Waals surface area contributed by atoms with E-state index in [-0.39, 0.29) is 10.8 Å². The molecule has 0 heterocycles. The molecule has 0 aromatic carbocycles. The summed E-state index contributed by atoms with van der Waals surface area (Å²) in [5, 5.41) is 0. The van der Waals surface area contributed by atoms with Crippen LogP contribution in [0.25, 0.3) is 0 Å². The van der Waals surface area contributed by atoms with Crippen molar-refractivity contribution in [3.8, 4) is 0 Å². The van der Waals surface area contributed by atoms with E-state index in [1.54, 1.807) is 0 Å². The van der Waals surface area contributed by atoms with Crippen LogP contribution in [-0.2, 0) is 0 Å². The summed E-state index contributed by atoms with van der Waals surface area (Å²) in [5.74, 6) is 0. The highest BCUT2D eigenvalue weighted by Gasteiger charge is 2.28. The zero-order chi connectivity index (χ0) is 10.5. The third kappa shape index (κ3) is 3.38. The molecule has 0 heteroatoms. The van der Waals surface area contributed by atoms with Gasteiger partial charge in [-0.2, -0.15) is 0 Å². The minimum absolute atomic E-state index is 0.263. The van der Waals surface area contributed by atoms with E-state index in [0.717, 1.165) is 19.3 Å². The average Bonchev–Trinajstić information content (AvgIpc) is 2.17. The lowest BCUT2D eigenvalue weighted by molar-refractivity contribution is 0.240. The molecule has 0 aliphatic carbocycles. The van der Waals surface area contributed by atoms with Gasteiger partial charge in [0.15, 0.2) is 0 Å². The Kier molecular flexibility index (Phi) is 4.46. The highest BCUT2D eigenvalue weighted by Crippen LogP contribution is 2.40. The molecule has 2 unspecified atom stereocenters. The Labute approximate surface area is 83.7 Å². The first-order chi connectivity index (χ1) is 5.95. The lowest BCUT2D eigenvalue weighted by atomic mass is 9.70. The van der Waals surface area contributed by atoms with Gasteiger partial charge in [0.1, 0.15) is 0 Å². The van der Waals surface area contributed by atoms with E-state index in [4.69, 9.17) is 0 Å². The molecule has 0 saturated carbocycles. The second kappa shape index (κ2) is 4.64. The van der Waals surface area contributed by atoms with Crippen LogP contribution in [0.1, 0.15) is 47.0 Å². The van der Waals surface area contributed by atoms with Crippen LogP contribution in [0.2, 0.25) is 0 Å². The van der Waals surface area contributed by atoms with Crippen LogP contribution in [0.5, 0.6) is 0 Å². The van der Waals surface area contributed by atoms with Gasteiger partial charge in [0.25, 0.3) is 0 Å². The summed E-state index contributed by atoms with van der Waals surface area (Å²) < 4.78 is 0. The molecule has 0 rings (SSSR count). The molecule has 0 fully saturated rings. The van der Waals surface area contributed by atoms with Gasteiger partial charge in [0.2, 0.25) is 0 Å². The zero-order valence-corrected chi connectivity index (χ0v) is 9.69. The molecule has 0 spiro atoms. The van der Waals surface area contributed by atoms with E-state index in [0.29, 0.717) is 0 Å². The van der Waals surface area contributed by atoms with E-state index >= 15 is 0 Å². The van der Waals surface area contributed by atoms with E-state index in [2.05, 4.69) is 53.0 Å². The van der Waals surface area contributed by atoms with Gasteiger partial charge in [0, 0.05) is 0 Å². The normalized spacial score (nSPS) is 20.0. The molecular weight excluding hydrogens is 156 g/mol. The monoisotopic (exact) mass is 180 g/mol. The topological polar surface area (TPSA) is 0 Å². The largest absolute Gasteiger partial charge is 0.103 e. The second-order valence-electron chi connectivity index (χ2n) is 4.60. The van der Waals surface area contributed by atoms with Crippen molar-refractivity contribution in [2.24, 2.45) is 10.8 Å². The fourth-order valence-electron chi connectivity index (χ4n) is 1.61. The lowest BCUT2D eigenvalue weighted by Gasteiger charge is -2.34. The molecular formula is C13H24. The molecule has 0 N–H and O–H groups in total. The van der Waals surface area contributed by atoms with Crippen molar-refractivity contribution in [1.82, 2.24) is 0 Å². The molecule has 0 amide bonds. The van der Waals surface area contributed by atoms with Crippen molar-refractivity contribution in [3.05, 3.63) is 25.3 Å². The zero-order valence-electron chi connectivity index (χ0n) is 9.69. The second-order valence-corrected chi connectivity index (χ2v) is 4.60. The van der Waals surface area contributed by atoms with E-state index in [1.807, 2.05) is 0 Å². The van der Waals surface area contributed by atoms with Crippen LogP contribution in [0, 0.1) is 10.8 Å². The first kappa shape index (κ1) is 12.5.